The molecule has 0 aliphatic rings. The van der Waals surface area contributed by atoms with Crippen molar-refractivity contribution in [2.24, 2.45) is 0 Å². The monoisotopic (exact) mass is 302 g/mol. The highest BCUT2D eigenvalue weighted by Gasteiger charge is 2.06. The van der Waals surface area contributed by atoms with Crippen molar-refractivity contribution in [3.8, 4) is 0 Å². The van der Waals surface area contributed by atoms with E-state index in [-0.39, 0.29) is 11.9 Å². The topological polar surface area (TPSA) is 77.2 Å². The Bertz CT molecular complexity index is 648. The second-order valence-electron chi connectivity index (χ2n) is 5.33. The summed E-state index contributed by atoms with van der Waals surface area (Å²) < 4.78 is 0. The quantitative estimate of drug-likeness (QED) is 0.756. The highest BCUT2D eigenvalue weighted by atomic mass is 16.2. The molecule has 2 rings (SSSR count). The van der Waals surface area contributed by atoms with Crippen LogP contribution < -0.4 is 10.6 Å². The van der Waals surface area contributed by atoms with Crippen LogP contribution in [0, 0.1) is 0 Å². The minimum Gasteiger partial charge on any atom is -0.361 e. The predicted molar refractivity (Wildman–Crippen MR) is 86.7 cm³/mol. The van der Waals surface area contributed by atoms with E-state index in [0.717, 1.165) is 11.9 Å². The Morgan fingerprint density at radius 3 is 2.64 bits per heavy atom. The average Bonchev–Trinajstić information content (AvgIpc) is 2.90. The van der Waals surface area contributed by atoms with Crippen LogP contribution in [0.25, 0.3) is 10.9 Å². The Kier molecular flexibility index (Phi) is 5.41. The van der Waals surface area contributed by atoms with Crippen LogP contribution in [0.5, 0.6) is 0 Å². The molecule has 6 heteroatoms. The molecule has 3 amide bonds. The van der Waals surface area contributed by atoms with Gasteiger partial charge in [-0.3, -0.25) is 4.79 Å². The number of aromatic nitrogens is 1. The van der Waals surface area contributed by atoms with E-state index in [2.05, 4.69) is 21.7 Å². The van der Waals surface area contributed by atoms with Crippen molar-refractivity contribution >= 4 is 22.8 Å². The highest BCUT2D eigenvalue weighted by Crippen LogP contribution is 2.17. The summed E-state index contributed by atoms with van der Waals surface area (Å²) in [7, 11) is 3.40. The van der Waals surface area contributed by atoms with E-state index in [9.17, 15) is 9.59 Å². The van der Waals surface area contributed by atoms with Crippen LogP contribution in [-0.2, 0) is 11.2 Å². The lowest BCUT2D eigenvalue weighted by Gasteiger charge is -2.11. The van der Waals surface area contributed by atoms with Crippen molar-refractivity contribution in [1.29, 1.82) is 0 Å². The molecule has 0 radical (unpaired) electrons. The summed E-state index contributed by atoms with van der Waals surface area (Å²) in [5.74, 6) is -0.000840. The Morgan fingerprint density at radius 1 is 1.14 bits per heavy atom. The fraction of sp³-hybridized carbons (Fsp3) is 0.375. The summed E-state index contributed by atoms with van der Waals surface area (Å²) in [5, 5.41) is 6.66. The number of aromatic amines is 1. The number of amides is 3. The van der Waals surface area contributed by atoms with Crippen molar-refractivity contribution in [3.63, 3.8) is 0 Å². The molecule has 2 aromatic rings. The molecule has 0 bridgehead atoms. The predicted octanol–water partition coefficient (Wildman–Crippen LogP) is 1.49. The van der Waals surface area contributed by atoms with Gasteiger partial charge in [0.15, 0.2) is 0 Å². The molecule has 0 spiro atoms. The number of carbonyl (C=O) groups excluding carboxylic acids is 2. The van der Waals surface area contributed by atoms with Crippen LogP contribution >= 0.6 is 0 Å². The van der Waals surface area contributed by atoms with Gasteiger partial charge in [0.2, 0.25) is 5.91 Å². The zero-order valence-electron chi connectivity index (χ0n) is 13.0. The molecule has 0 saturated carbocycles. The molecule has 0 aliphatic heterocycles. The summed E-state index contributed by atoms with van der Waals surface area (Å²) in [6.07, 6.45) is 3.04. The number of H-pyrrole nitrogens is 1. The summed E-state index contributed by atoms with van der Waals surface area (Å²) in [6.45, 7) is 0.894. The molecular weight excluding hydrogens is 280 g/mol. The summed E-state index contributed by atoms with van der Waals surface area (Å²) >= 11 is 0. The normalized spacial score (nSPS) is 10.5. The van der Waals surface area contributed by atoms with Crippen molar-refractivity contribution in [2.45, 2.75) is 12.8 Å². The van der Waals surface area contributed by atoms with Gasteiger partial charge in [0.05, 0.1) is 0 Å². The molecule has 1 heterocycles. The third-order valence-electron chi connectivity index (χ3n) is 3.48. The van der Waals surface area contributed by atoms with Crippen molar-refractivity contribution in [3.05, 3.63) is 36.0 Å². The van der Waals surface area contributed by atoms with Crippen molar-refractivity contribution < 1.29 is 9.59 Å². The van der Waals surface area contributed by atoms with Crippen LogP contribution in [0.4, 0.5) is 4.79 Å². The molecule has 6 nitrogen and oxygen atoms in total. The molecule has 1 aromatic carbocycles. The van der Waals surface area contributed by atoms with Gasteiger partial charge in [-0.25, -0.2) is 4.79 Å². The fourth-order valence-corrected chi connectivity index (χ4v) is 2.22. The number of hydrogen-bond acceptors (Lipinski definition) is 2. The number of urea groups is 1. The molecule has 0 aliphatic carbocycles. The number of nitrogens with zero attached hydrogens (tertiary/aromatic N) is 1. The molecular formula is C16H22N4O2. The zero-order valence-corrected chi connectivity index (χ0v) is 13.0. The van der Waals surface area contributed by atoms with Crippen molar-refractivity contribution in [2.75, 3.05) is 27.2 Å². The zero-order chi connectivity index (χ0) is 15.9. The van der Waals surface area contributed by atoms with E-state index < -0.39 is 0 Å². The molecule has 0 unspecified atom stereocenters. The van der Waals surface area contributed by atoms with Gasteiger partial charge < -0.3 is 20.5 Å². The van der Waals surface area contributed by atoms with E-state index in [1.54, 1.807) is 14.1 Å². The van der Waals surface area contributed by atoms with Crippen LogP contribution in [0.15, 0.2) is 30.5 Å². The Balaban J connectivity index is 1.70. The maximum absolute atomic E-state index is 11.6. The van der Waals surface area contributed by atoms with E-state index >= 15 is 0 Å². The third kappa shape index (κ3) is 4.25. The van der Waals surface area contributed by atoms with E-state index in [1.165, 1.54) is 15.8 Å². The van der Waals surface area contributed by atoms with Crippen molar-refractivity contribution in [1.82, 2.24) is 20.5 Å². The fourth-order valence-electron chi connectivity index (χ4n) is 2.22. The maximum Gasteiger partial charge on any atom is 0.314 e. The number of para-hydroxylation sites is 1. The Morgan fingerprint density at radius 2 is 1.86 bits per heavy atom. The van der Waals surface area contributed by atoms with Gasteiger partial charge in [-0.1, -0.05) is 18.2 Å². The van der Waals surface area contributed by atoms with E-state index in [1.807, 2.05) is 24.4 Å². The summed E-state index contributed by atoms with van der Waals surface area (Å²) in [4.78, 5) is 27.7. The molecule has 0 fully saturated rings. The van der Waals surface area contributed by atoms with Gasteiger partial charge in [-0.05, 0) is 18.1 Å². The lowest BCUT2D eigenvalue weighted by Crippen LogP contribution is -2.38. The van der Waals surface area contributed by atoms with Crippen LogP contribution in [0.3, 0.4) is 0 Å². The number of hydrogen-bond donors (Lipinski definition) is 3. The van der Waals surface area contributed by atoms with Gasteiger partial charge in [0.25, 0.3) is 0 Å². The number of benzene rings is 1. The first-order chi connectivity index (χ1) is 10.6. The minimum absolute atomic E-state index is 0.000840. The first kappa shape index (κ1) is 15.9. The molecule has 0 saturated heterocycles. The third-order valence-corrected chi connectivity index (χ3v) is 3.48. The van der Waals surface area contributed by atoms with Gasteiger partial charge in [-0.15, -0.1) is 0 Å². The average molecular weight is 302 g/mol. The molecule has 0 atom stereocenters. The van der Waals surface area contributed by atoms with Gasteiger partial charge >= 0.3 is 6.03 Å². The summed E-state index contributed by atoms with van der Waals surface area (Å²) in [5.41, 5.74) is 2.28. The van der Waals surface area contributed by atoms with Crippen LogP contribution in [0.2, 0.25) is 0 Å². The van der Waals surface area contributed by atoms with Gasteiger partial charge in [-0.2, -0.15) is 0 Å². The van der Waals surface area contributed by atoms with Crippen LogP contribution in [-0.4, -0.2) is 49.0 Å². The first-order valence-electron chi connectivity index (χ1n) is 7.35. The SMILES string of the molecule is CN(C)C(=O)CCNC(=O)NCCc1c[nH]c2ccccc12. The molecule has 3 N–H and O–H groups in total. The van der Waals surface area contributed by atoms with Gasteiger partial charge in [0, 0.05) is 50.7 Å². The smallest absolute Gasteiger partial charge is 0.314 e. The second kappa shape index (κ2) is 7.49. The Labute approximate surface area is 129 Å². The maximum atomic E-state index is 11.6. The standard InChI is InChI=1S/C16H22N4O2/c1-20(2)15(21)8-10-18-16(22)17-9-7-12-11-19-14-6-4-3-5-13(12)14/h3-6,11,19H,7-10H2,1-2H3,(H2,17,18,22). The molecule has 22 heavy (non-hydrogen) atoms. The van der Waals surface area contributed by atoms with E-state index in [0.29, 0.717) is 19.5 Å². The lowest BCUT2D eigenvalue weighted by molar-refractivity contribution is -0.128. The number of fused-ring (bicyclic) bond motifs is 1. The molecule has 1 aromatic heterocycles. The lowest BCUT2D eigenvalue weighted by atomic mass is 10.1. The second-order valence-corrected chi connectivity index (χ2v) is 5.33. The first-order valence-corrected chi connectivity index (χ1v) is 7.35. The van der Waals surface area contributed by atoms with E-state index in [4.69, 9.17) is 0 Å². The number of rotatable bonds is 6. The number of carbonyl (C=O) groups is 2. The highest BCUT2D eigenvalue weighted by molar-refractivity contribution is 5.83. The van der Waals surface area contributed by atoms with Crippen LogP contribution in [0.1, 0.15) is 12.0 Å². The largest absolute Gasteiger partial charge is 0.361 e. The number of nitrogens with one attached hydrogen (secondary N) is 3. The summed E-state index contributed by atoms with van der Waals surface area (Å²) in [6, 6.07) is 7.84. The van der Waals surface area contributed by atoms with Gasteiger partial charge in [0.1, 0.15) is 0 Å². The minimum atomic E-state index is -0.244. The molecule has 118 valence electrons. The Hall–Kier alpha value is -2.50.